The summed E-state index contributed by atoms with van der Waals surface area (Å²) < 4.78 is 10.3. The molecular formula is C10H16ClN3O2S. The number of hydrogen-bond acceptors (Lipinski definition) is 6. The number of aromatic nitrogens is 3. The largest absolute Gasteiger partial charge is 0.461 e. The van der Waals surface area contributed by atoms with Crippen LogP contribution in [0, 0.1) is 0 Å². The normalized spacial score (nSPS) is 10.9. The lowest BCUT2D eigenvalue weighted by Crippen LogP contribution is -2.09. The van der Waals surface area contributed by atoms with E-state index in [1.807, 2.05) is 13.8 Å². The van der Waals surface area contributed by atoms with Crippen molar-refractivity contribution in [2.75, 3.05) is 19.5 Å². The summed E-state index contributed by atoms with van der Waals surface area (Å²) in [7, 11) is 1.68. The van der Waals surface area contributed by atoms with Gasteiger partial charge in [-0.25, -0.2) is 0 Å². The van der Waals surface area contributed by atoms with E-state index in [2.05, 4.69) is 15.0 Å². The molecule has 0 bridgehead atoms. The Hall–Kier alpha value is -0.590. The minimum absolute atomic E-state index is 0.0137. The molecule has 0 aliphatic rings. The zero-order chi connectivity index (χ0) is 12.7. The van der Waals surface area contributed by atoms with E-state index < -0.39 is 0 Å². The fourth-order valence-corrected chi connectivity index (χ4v) is 1.95. The molecule has 1 heterocycles. The van der Waals surface area contributed by atoms with E-state index in [0.29, 0.717) is 5.16 Å². The van der Waals surface area contributed by atoms with Gasteiger partial charge in [-0.3, -0.25) is 0 Å². The molecule has 0 aliphatic heterocycles. The Morgan fingerprint density at radius 2 is 2.06 bits per heavy atom. The highest BCUT2D eigenvalue weighted by molar-refractivity contribution is 7.99. The summed E-state index contributed by atoms with van der Waals surface area (Å²) in [6.07, 6.45) is 0.949. The van der Waals surface area contributed by atoms with Crippen molar-refractivity contribution < 1.29 is 9.47 Å². The van der Waals surface area contributed by atoms with Crippen LogP contribution in [-0.2, 0) is 4.74 Å². The van der Waals surface area contributed by atoms with Gasteiger partial charge < -0.3 is 9.47 Å². The topological polar surface area (TPSA) is 57.1 Å². The average molecular weight is 278 g/mol. The van der Waals surface area contributed by atoms with Crippen molar-refractivity contribution in [1.29, 1.82) is 0 Å². The quantitative estimate of drug-likeness (QED) is 0.564. The Morgan fingerprint density at radius 3 is 2.71 bits per heavy atom. The van der Waals surface area contributed by atoms with E-state index >= 15 is 0 Å². The van der Waals surface area contributed by atoms with Gasteiger partial charge in [0.05, 0.1) is 6.10 Å². The minimum atomic E-state index is 0.0137. The van der Waals surface area contributed by atoms with Gasteiger partial charge in [-0.1, -0.05) is 11.8 Å². The molecule has 1 aromatic rings. The molecule has 0 saturated heterocycles. The lowest BCUT2D eigenvalue weighted by molar-refractivity contribution is 0.200. The number of halogens is 1. The maximum absolute atomic E-state index is 5.79. The monoisotopic (exact) mass is 277 g/mol. The smallest absolute Gasteiger partial charge is 0.321 e. The summed E-state index contributed by atoms with van der Waals surface area (Å²) >= 11 is 7.30. The van der Waals surface area contributed by atoms with Crippen molar-refractivity contribution >= 4 is 23.4 Å². The Labute approximate surface area is 110 Å². The third kappa shape index (κ3) is 6.05. The Morgan fingerprint density at radius 1 is 1.29 bits per heavy atom. The summed E-state index contributed by atoms with van der Waals surface area (Å²) in [6, 6.07) is 0.272. The molecule has 1 aromatic heterocycles. The Balaban J connectivity index is 2.56. The van der Waals surface area contributed by atoms with Crippen LogP contribution in [0.2, 0.25) is 5.28 Å². The summed E-state index contributed by atoms with van der Waals surface area (Å²) in [5, 5.41) is 0.738. The van der Waals surface area contributed by atoms with Gasteiger partial charge in [-0.05, 0) is 31.9 Å². The number of thioether (sulfide) groups is 1. The van der Waals surface area contributed by atoms with Gasteiger partial charge in [0.1, 0.15) is 0 Å². The van der Waals surface area contributed by atoms with E-state index in [1.165, 1.54) is 11.8 Å². The lowest BCUT2D eigenvalue weighted by atomic mass is 10.5. The molecule has 0 amide bonds. The molecule has 0 atom stereocenters. The summed E-state index contributed by atoms with van der Waals surface area (Å²) in [5.41, 5.74) is 0. The molecule has 7 heteroatoms. The summed E-state index contributed by atoms with van der Waals surface area (Å²) in [5.74, 6) is 0.870. The van der Waals surface area contributed by atoms with Crippen molar-refractivity contribution in [3.63, 3.8) is 0 Å². The van der Waals surface area contributed by atoms with E-state index in [0.717, 1.165) is 18.8 Å². The highest BCUT2D eigenvalue weighted by Gasteiger charge is 2.07. The molecule has 5 nitrogen and oxygen atoms in total. The molecule has 0 aliphatic carbocycles. The second-order valence-corrected chi connectivity index (χ2v) is 4.93. The third-order valence-corrected chi connectivity index (χ3v) is 2.73. The lowest BCUT2D eigenvalue weighted by Gasteiger charge is -2.08. The third-order valence-electron chi connectivity index (χ3n) is 1.63. The zero-order valence-corrected chi connectivity index (χ0v) is 11.7. The maximum Gasteiger partial charge on any atom is 0.321 e. The van der Waals surface area contributed by atoms with Crippen LogP contribution in [0.1, 0.15) is 20.3 Å². The van der Waals surface area contributed by atoms with Gasteiger partial charge >= 0.3 is 6.01 Å². The van der Waals surface area contributed by atoms with E-state index in [9.17, 15) is 0 Å². The fourth-order valence-electron chi connectivity index (χ4n) is 1.01. The predicted molar refractivity (Wildman–Crippen MR) is 67.8 cm³/mol. The van der Waals surface area contributed by atoms with Crippen LogP contribution in [0.25, 0.3) is 0 Å². The highest BCUT2D eigenvalue weighted by atomic mass is 35.5. The van der Waals surface area contributed by atoms with Gasteiger partial charge in [-0.15, -0.1) is 0 Å². The first-order chi connectivity index (χ1) is 8.11. The summed E-state index contributed by atoms with van der Waals surface area (Å²) in [4.78, 5) is 12.1. The number of ether oxygens (including phenoxy) is 2. The zero-order valence-electron chi connectivity index (χ0n) is 10.1. The van der Waals surface area contributed by atoms with Gasteiger partial charge in [0.15, 0.2) is 5.16 Å². The van der Waals surface area contributed by atoms with Crippen LogP contribution in [-0.4, -0.2) is 40.5 Å². The van der Waals surface area contributed by atoms with Crippen molar-refractivity contribution in [2.45, 2.75) is 31.5 Å². The number of nitrogens with zero attached hydrogens (tertiary/aromatic N) is 3. The van der Waals surface area contributed by atoms with Crippen LogP contribution in [0.15, 0.2) is 5.16 Å². The average Bonchev–Trinajstić information content (AvgIpc) is 2.22. The number of hydrogen-bond donors (Lipinski definition) is 0. The Kier molecular flexibility index (Phi) is 6.54. The number of rotatable bonds is 7. The predicted octanol–water partition coefficient (Wildman–Crippen LogP) is 2.44. The summed E-state index contributed by atoms with van der Waals surface area (Å²) in [6.45, 7) is 4.54. The molecular weight excluding hydrogens is 262 g/mol. The van der Waals surface area contributed by atoms with Crippen LogP contribution in [0.4, 0.5) is 0 Å². The van der Waals surface area contributed by atoms with Gasteiger partial charge in [0, 0.05) is 19.5 Å². The van der Waals surface area contributed by atoms with Gasteiger partial charge in [0.25, 0.3) is 0 Å². The van der Waals surface area contributed by atoms with Gasteiger partial charge in [0.2, 0.25) is 5.28 Å². The molecule has 0 spiro atoms. The van der Waals surface area contributed by atoms with Crippen LogP contribution in [0.3, 0.4) is 0 Å². The molecule has 96 valence electrons. The highest BCUT2D eigenvalue weighted by Crippen LogP contribution is 2.18. The molecule has 1 rings (SSSR count). The van der Waals surface area contributed by atoms with E-state index in [-0.39, 0.29) is 17.4 Å². The Bertz CT molecular complexity index is 352. The van der Waals surface area contributed by atoms with Crippen LogP contribution < -0.4 is 4.74 Å². The second kappa shape index (κ2) is 7.68. The van der Waals surface area contributed by atoms with Crippen molar-refractivity contribution in [3.05, 3.63) is 5.28 Å². The van der Waals surface area contributed by atoms with Crippen LogP contribution >= 0.6 is 23.4 Å². The first-order valence-electron chi connectivity index (χ1n) is 5.31. The minimum Gasteiger partial charge on any atom is -0.461 e. The molecule has 0 N–H and O–H groups in total. The van der Waals surface area contributed by atoms with Gasteiger partial charge in [-0.2, -0.15) is 15.0 Å². The first-order valence-corrected chi connectivity index (χ1v) is 6.68. The van der Waals surface area contributed by atoms with E-state index in [4.69, 9.17) is 21.1 Å². The SMILES string of the molecule is COCCCSc1nc(Cl)nc(OC(C)C)n1. The standard InChI is InChI=1S/C10H16ClN3O2S/c1-7(2)16-9-12-8(11)13-10(14-9)17-6-4-5-15-3/h7H,4-6H2,1-3H3. The molecule has 0 aromatic carbocycles. The molecule has 0 saturated carbocycles. The first kappa shape index (κ1) is 14.5. The number of methoxy groups -OCH3 is 1. The molecule has 17 heavy (non-hydrogen) atoms. The maximum atomic E-state index is 5.79. The fraction of sp³-hybridized carbons (Fsp3) is 0.700. The van der Waals surface area contributed by atoms with Crippen LogP contribution in [0.5, 0.6) is 6.01 Å². The van der Waals surface area contributed by atoms with E-state index in [1.54, 1.807) is 7.11 Å². The molecule has 0 fully saturated rings. The second-order valence-electron chi connectivity index (χ2n) is 3.53. The molecule has 0 radical (unpaired) electrons. The molecule has 0 unspecified atom stereocenters. The van der Waals surface area contributed by atoms with Crippen molar-refractivity contribution in [1.82, 2.24) is 15.0 Å². The van der Waals surface area contributed by atoms with Crippen molar-refractivity contribution in [3.8, 4) is 6.01 Å². The van der Waals surface area contributed by atoms with Crippen molar-refractivity contribution in [2.24, 2.45) is 0 Å².